The van der Waals surface area contributed by atoms with Gasteiger partial charge in [-0.25, -0.2) is 0 Å². The van der Waals surface area contributed by atoms with Gasteiger partial charge < -0.3 is 15.9 Å². The van der Waals surface area contributed by atoms with Gasteiger partial charge in [0.25, 0.3) is 0 Å². The molecule has 3 aromatic carbocycles. The quantitative estimate of drug-likeness (QED) is 0.413. The van der Waals surface area contributed by atoms with Gasteiger partial charge in [-0.3, -0.25) is 4.98 Å². The predicted octanol–water partition coefficient (Wildman–Crippen LogP) is 5.48. The van der Waals surface area contributed by atoms with E-state index in [-0.39, 0.29) is 0 Å². The van der Waals surface area contributed by atoms with E-state index in [1.807, 2.05) is 66.7 Å². The summed E-state index contributed by atoms with van der Waals surface area (Å²) < 4.78 is 6.31. The molecule has 0 aliphatic heterocycles. The maximum atomic E-state index is 6.31. The van der Waals surface area contributed by atoms with Gasteiger partial charge in [-0.2, -0.15) is 0 Å². The molecule has 0 saturated heterocycles. The van der Waals surface area contributed by atoms with Crippen molar-refractivity contribution in [1.82, 2.24) is 4.98 Å². The van der Waals surface area contributed by atoms with E-state index in [9.17, 15) is 0 Å². The smallest absolute Gasteiger partial charge is 0.145 e. The van der Waals surface area contributed by atoms with Crippen LogP contribution in [0, 0.1) is 0 Å². The number of aromatic nitrogens is 1. The minimum absolute atomic E-state index is 0.701. The normalized spacial score (nSPS) is 11.3. The van der Waals surface area contributed by atoms with Gasteiger partial charge in [-0.15, -0.1) is 0 Å². The van der Waals surface area contributed by atoms with Crippen molar-refractivity contribution in [3.8, 4) is 22.5 Å². The number of hydrogen-bond acceptors (Lipinski definition) is 4. The van der Waals surface area contributed by atoms with Crippen molar-refractivity contribution in [3.05, 3.63) is 79.0 Å². The van der Waals surface area contributed by atoms with Crippen LogP contribution in [0.2, 0.25) is 0 Å². The largest absolute Gasteiger partial charge is 0.455 e. The average molecular weight is 351 g/mol. The topological polar surface area (TPSA) is 78.1 Å². The van der Waals surface area contributed by atoms with Crippen molar-refractivity contribution in [2.45, 2.75) is 0 Å². The van der Waals surface area contributed by atoms with Gasteiger partial charge in [0.15, 0.2) is 0 Å². The van der Waals surface area contributed by atoms with Crippen LogP contribution in [0.4, 0.5) is 11.4 Å². The van der Waals surface area contributed by atoms with Crippen molar-refractivity contribution in [1.29, 1.82) is 0 Å². The van der Waals surface area contributed by atoms with Crippen molar-refractivity contribution in [2.24, 2.45) is 0 Å². The molecule has 2 heterocycles. The molecule has 0 bridgehead atoms. The summed E-state index contributed by atoms with van der Waals surface area (Å²) in [6.45, 7) is 0. The molecule has 2 aromatic heterocycles. The highest BCUT2D eigenvalue weighted by atomic mass is 16.3. The van der Waals surface area contributed by atoms with E-state index in [1.54, 1.807) is 6.20 Å². The molecule has 0 aliphatic carbocycles. The first kappa shape index (κ1) is 15.5. The Morgan fingerprint density at radius 1 is 0.741 bits per heavy atom. The molecular formula is C23H17N3O. The Morgan fingerprint density at radius 3 is 2.37 bits per heavy atom. The summed E-state index contributed by atoms with van der Waals surface area (Å²) in [7, 11) is 0. The molecule has 0 spiro atoms. The second kappa shape index (κ2) is 5.88. The lowest BCUT2D eigenvalue weighted by molar-refractivity contribution is 0.633. The van der Waals surface area contributed by atoms with Crippen LogP contribution < -0.4 is 11.5 Å². The van der Waals surface area contributed by atoms with Crippen LogP contribution in [0.15, 0.2) is 83.4 Å². The van der Waals surface area contributed by atoms with Crippen LogP contribution in [-0.4, -0.2) is 4.98 Å². The first-order chi connectivity index (χ1) is 13.2. The van der Waals surface area contributed by atoms with Crippen LogP contribution in [0.5, 0.6) is 0 Å². The molecule has 0 aliphatic rings. The zero-order valence-electron chi connectivity index (χ0n) is 14.5. The molecule has 0 radical (unpaired) electrons. The molecule has 0 saturated carbocycles. The average Bonchev–Trinajstić information content (AvgIpc) is 3.08. The number of anilines is 2. The van der Waals surface area contributed by atoms with Crippen LogP contribution >= 0.6 is 0 Å². The molecular weight excluding hydrogens is 334 g/mol. The lowest BCUT2D eigenvalue weighted by Crippen LogP contribution is -1.91. The second-order valence-corrected chi connectivity index (χ2v) is 6.53. The monoisotopic (exact) mass is 351 g/mol. The van der Waals surface area contributed by atoms with E-state index in [1.165, 1.54) is 0 Å². The van der Waals surface area contributed by atoms with Crippen molar-refractivity contribution in [3.63, 3.8) is 0 Å². The highest BCUT2D eigenvalue weighted by Gasteiger charge is 2.20. The van der Waals surface area contributed by atoms with E-state index >= 15 is 0 Å². The predicted molar refractivity (Wildman–Crippen MR) is 111 cm³/mol. The number of rotatable bonds is 2. The summed E-state index contributed by atoms with van der Waals surface area (Å²) in [5.74, 6) is 0.782. The van der Waals surface area contributed by atoms with Crippen LogP contribution in [0.3, 0.4) is 0 Å². The number of fused-ring (bicyclic) bond motifs is 2. The Morgan fingerprint density at radius 2 is 1.52 bits per heavy atom. The van der Waals surface area contributed by atoms with Crippen LogP contribution in [0.25, 0.3) is 44.3 Å². The standard InChI is InChI=1S/C23H17N3O/c24-15-9-7-14(8-10-15)21-17-4-1-2-6-20(17)27-23(21)18-11-12-19(25)16-5-3-13-26-22(16)18/h1-13H,24-25H2. The fraction of sp³-hybridized carbons (Fsp3) is 0. The van der Waals surface area contributed by atoms with Gasteiger partial charge in [0.05, 0.1) is 5.52 Å². The molecule has 4 heteroatoms. The first-order valence-electron chi connectivity index (χ1n) is 8.73. The fourth-order valence-corrected chi connectivity index (χ4v) is 3.55. The third kappa shape index (κ3) is 2.42. The highest BCUT2D eigenvalue weighted by Crippen LogP contribution is 2.43. The maximum absolute atomic E-state index is 6.31. The highest BCUT2D eigenvalue weighted by molar-refractivity contribution is 6.07. The Bertz CT molecular complexity index is 1290. The van der Waals surface area contributed by atoms with E-state index in [0.717, 1.165) is 50.0 Å². The van der Waals surface area contributed by atoms with Gasteiger partial charge in [0.2, 0.25) is 0 Å². The maximum Gasteiger partial charge on any atom is 0.145 e. The Balaban J connectivity index is 1.89. The third-order valence-electron chi connectivity index (χ3n) is 4.84. The summed E-state index contributed by atoms with van der Waals surface area (Å²) >= 11 is 0. The third-order valence-corrected chi connectivity index (χ3v) is 4.84. The summed E-state index contributed by atoms with van der Waals surface area (Å²) in [5, 5.41) is 1.97. The van der Waals surface area contributed by atoms with Crippen LogP contribution in [-0.2, 0) is 0 Å². The van der Waals surface area contributed by atoms with Crippen molar-refractivity contribution in [2.75, 3.05) is 11.5 Å². The Hall–Kier alpha value is -3.79. The second-order valence-electron chi connectivity index (χ2n) is 6.53. The lowest BCUT2D eigenvalue weighted by Gasteiger charge is -2.09. The lowest BCUT2D eigenvalue weighted by atomic mass is 9.97. The molecule has 0 fully saturated rings. The number of benzene rings is 3. The number of nitrogens with two attached hydrogens (primary N) is 2. The van der Waals surface area contributed by atoms with Crippen molar-refractivity contribution >= 4 is 33.2 Å². The van der Waals surface area contributed by atoms with Gasteiger partial charge >= 0.3 is 0 Å². The molecule has 27 heavy (non-hydrogen) atoms. The minimum atomic E-state index is 0.701. The molecule has 5 aromatic rings. The molecule has 130 valence electrons. The van der Waals surface area contributed by atoms with E-state index in [4.69, 9.17) is 15.9 Å². The van der Waals surface area contributed by atoms with E-state index < -0.39 is 0 Å². The molecule has 4 N–H and O–H groups in total. The van der Waals surface area contributed by atoms with Crippen molar-refractivity contribution < 1.29 is 4.42 Å². The van der Waals surface area contributed by atoms with E-state index in [2.05, 4.69) is 11.1 Å². The summed E-state index contributed by atoms with van der Waals surface area (Å²) in [5.41, 5.74) is 18.1. The number of pyridine rings is 1. The van der Waals surface area contributed by atoms with E-state index in [0.29, 0.717) is 5.69 Å². The zero-order valence-corrected chi connectivity index (χ0v) is 14.5. The van der Waals surface area contributed by atoms with Gasteiger partial charge in [0, 0.05) is 39.5 Å². The molecule has 0 atom stereocenters. The number of nitrogens with zero attached hydrogens (tertiary/aromatic N) is 1. The minimum Gasteiger partial charge on any atom is -0.455 e. The van der Waals surface area contributed by atoms with Gasteiger partial charge in [0.1, 0.15) is 11.3 Å². The number of para-hydroxylation sites is 1. The van der Waals surface area contributed by atoms with Gasteiger partial charge in [-0.05, 0) is 48.0 Å². The summed E-state index contributed by atoms with van der Waals surface area (Å²) in [4.78, 5) is 4.58. The summed E-state index contributed by atoms with van der Waals surface area (Å²) in [6, 6.07) is 23.6. The summed E-state index contributed by atoms with van der Waals surface area (Å²) in [6.07, 6.45) is 1.77. The Labute approximate surface area is 156 Å². The van der Waals surface area contributed by atoms with Crippen LogP contribution in [0.1, 0.15) is 0 Å². The molecule has 5 rings (SSSR count). The number of hydrogen-bond donors (Lipinski definition) is 2. The molecule has 0 amide bonds. The first-order valence-corrected chi connectivity index (χ1v) is 8.73. The van der Waals surface area contributed by atoms with Gasteiger partial charge in [-0.1, -0.05) is 30.3 Å². The SMILES string of the molecule is Nc1ccc(-c2c(-c3ccc(N)c4cccnc34)oc3ccccc23)cc1. The Kier molecular flexibility index (Phi) is 3.37. The number of nitrogen functional groups attached to an aromatic ring is 2. The fourth-order valence-electron chi connectivity index (χ4n) is 3.55. The molecule has 0 unspecified atom stereocenters. The zero-order chi connectivity index (χ0) is 18.4. The molecule has 4 nitrogen and oxygen atoms in total. The number of furan rings is 1.